The van der Waals surface area contributed by atoms with Crippen molar-refractivity contribution in [3.63, 3.8) is 0 Å². The zero-order chi connectivity index (χ0) is 28.1. The molecule has 6 nitrogen and oxygen atoms in total. The summed E-state index contributed by atoms with van der Waals surface area (Å²) in [6, 6.07) is 13.7. The molecule has 0 saturated heterocycles. The maximum Gasteiger partial charge on any atom is 0.461 e. The molecule has 0 unspecified atom stereocenters. The van der Waals surface area contributed by atoms with Crippen LogP contribution in [0.2, 0.25) is 0 Å². The lowest BCUT2D eigenvalue weighted by molar-refractivity contribution is -0.253. The van der Waals surface area contributed by atoms with Crippen LogP contribution < -0.4 is 20.1 Å². The predicted octanol–water partition coefficient (Wildman–Crippen LogP) is 6.66. The van der Waals surface area contributed by atoms with Crippen LogP contribution in [0.3, 0.4) is 0 Å². The Bertz CT molecular complexity index is 1150. The van der Waals surface area contributed by atoms with Gasteiger partial charge in [-0.25, -0.2) is 0 Å². The number of nitrogens with one attached hydrogen (secondary N) is 2. The molecule has 38 heavy (non-hydrogen) atoms. The Hall–Kier alpha value is -4.36. The van der Waals surface area contributed by atoms with Gasteiger partial charge in [0.05, 0.1) is 0 Å². The van der Waals surface area contributed by atoms with Crippen LogP contribution in [-0.4, -0.2) is 36.9 Å². The smallest absolute Gasteiger partial charge is 0.428 e. The maximum atomic E-state index is 12.9. The SMILES string of the molecule is O=C(Nc1ccc(OC(F)(F)C(F)F)cc1)c1ccc(C(=O)Nc2ccc(OC(F)(F)C(F)F)cc2)cc1. The molecular formula is C24H16F8N2O4. The second-order valence-corrected chi connectivity index (χ2v) is 7.46. The Morgan fingerprint density at radius 2 is 0.842 bits per heavy atom. The lowest BCUT2D eigenvalue weighted by Crippen LogP contribution is -2.33. The van der Waals surface area contributed by atoms with Gasteiger partial charge in [-0.3, -0.25) is 9.59 Å². The van der Waals surface area contributed by atoms with Crippen molar-refractivity contribution in [2.24, 2.45) is 0 Å². The third-order valence-electron chi connectivity index (χ3n) is 4.65. The molecule has 3 aromatic carbocycles. The van der Waals surface area contributed by atoms with Crippen molar-refractivity contribution in [3.05, 3.63) is 83.9 Å². The van der Waals surface area contributed by atoms with Gasteiger partial charge in [0, 0.05) is 22.5 Å². The summed E-state index contributed by atoms with van der Waals surface area (Å²) in [5, 5.41) is 4.89. The second kappa shape index (κ2) is 11.4. The fraction of sp³-hybridized carbons (Fsp3) is 0.167. The van der Waals surface area contributed by atoms with Gasteiger partial charge in [-0.2, -0.15) is 35.1 Å². The zero-order valence-electron chi connectivity index (χ0n) is 18.7. The number of anilines is 2. The van der Waals surface area contributed by atoms with Gasteiger partial charge < -0.3 is 20.1 Å². The van der Waals surface area contributed by atoms with Gasteiger partial charge in [0.1, 0.15) is 11.5 Å². The Labute approximate surface area is 209 Å². The largest absolute Gasteiger partial charge is 0.461 e. The molecule has 0 heterocycles. The van der Waals surface area contributed by atoms with Crippen molar-refractivity contribution in [1.29, 1.82) is 0 Å². The van der Waals surface area contributed by atoms with E-state index in [1.165, 1.54) is 24.3 Å². The van der Waals surface area contributed by atoms with E-state index < -0.39 is 48.4 Å². The molecule has 14 heteroatoms. The molecule has 3 rings (SSSR count). The predicted molar refractivity (Wildman–Crippen MR) is 118 cm³/mol. The van der Waals surface area contributed by atoms with Crippen molar-refractivity contribution in [2.75, 3.05) is 10.6 Å². The molecule has 0 aliphatic carbocycles. The van der Waals surface area contributed by atoms with Gasteiger partial charge in [-0.15, -0.1) is 0 Å². The Morgan fingerprint density at radius 1 is 0.553 bits per heavy atom. The van der Waals surface area contributed by atoms with Crippen molar-refractivity contribution in [3.8, 4) is 11.5 Å². The highest BCUT2D eigenvalue weighted by atomic mass is 19.3. The van der Waals surface area contributed by atoms with E-state index >= 15 is 0 Å². The molecule has 202 valence electrons. The van der Waals surface area contributed by atoms with Gasteiger partial charge >= 0.3 is 25.1 Å². The number of halogens is 8. The maximum absolute atomic E-state index is 12.9. The van der Waals surface area contributed by atoms with Crippen LogP contribution in [0.5, 0.6) is 11.5 Å². The molecule has 0 radical (unpaired) electrons. The van der Waals surface area contributed by atoms with Crippen LogP contribution >= 0.6 is 0 Å². The molecule has 0 aromatic heterocycles. The molecule has 0 atom stereocenters. The summed E-state index contributed by atoms with van der Waals surface area (Å²) >= 11 is 0. The van der Waals surface area contributed by atoms with Crippen LogP contribution in [0.4, 0.5) is 46.5 Å². The zero-order valence-corrected chi connectivity index (χ0v) is 18.7. The topological polar surface area (TPSA) is 76.7 Å². The number of ether oxygens (including phenoxy) is 2. The minimum atomic E-state index is -4.68. The number of hydrogen-bond donors (Lipinski definition) is 2. The van der Waals surface area contributed by atoms with E-state index in [1.807, 2.05) is 0 Å². The summed E-state index contributed by atoms with van der Waals surface area (Å²) in [6.07, 6.45) is -17.4. The lowest BCUT2D eigenvalue weighted by atomic mass is 10.1. The normalized spacial score (nSPS) is 11.8. The van der Waals surface area contributed by atoms with E-state index in [1.54, 1.807) is 0 Å². The molecule has 0 aliphatic heterocycles. The van der Waals surface area contributed by atoms with E-state index in [0.29, 0.717) is 0 Å². The van der Waals surface area contributed by atoms with E-state index in [0.717, 1.165) is 48.5 Å². The van der Waals surface area contributed by atoms with Gasteiger partial charge in [-0.05, 0) is 72.8 Å². The third kappa shape index (κ3) is 7.33. The van der Waals surface area contributed by atoms with Gasteiger partial charge in [0.15, 0.2) is 0 Å². The van der Waals surface area contributed by atoms with Crippen molar-refractivity contribution in [2.45, 2.75) is 25.1 Å². The van der Waals surface area contributed by atoms with Crippen LogP contribution in [0.15, 0.2) is 72.8 Å². The van der Waals surface area contributed by atoms with Crippen LogP contribution in [-0.2, 0) is 0 Å². The summed E-state index contributed by atoms with van der Waals surface area (Å²) in [7, 11) is 0. The number of amides is 2. The number of carbonyl (C=O) groups is 2. The second-order valence-electron chi connectivity index (χ2n) is 7.46. The average molecular weight is 548 g/mol. The number of alkyl halides is 8. The van der Waals surface area contributed by atoms with Gasteiger partial charge in [-0.1, -0.05) is 0 Å². The van der Waals surface area contributed by atoms with Gasteiger partial charge in [0.2, 0.25) is 0 Å². The Kier molecular flexibility index (Phi) is 8.43. The van der Waals surface area contributed by atoms with Crippen molar-refractivity contribution in [1.82, 2.24) is 0 Å². The average Bonchev–Trinajstić information content (AvgIpc) is 2.86. The van der Waals surface area contributed by atoms with E-state index in [-0.39, 0.29) is 22.5 Å². The van der Waals surface area contributed by atoms with Crippen molar-refractivity contribution < 1.29 is 54.2 Å². The quantitative estimate of drug-likeness (QED) is 0.278. The first-order chi connectivity index (χ1) is 17.8. The van der Waals surface area contributed by atoms with E-state index in [9.17, 15) is 44.7 Å². The summed E-state index contributed by atoms with van der Waals surface area (Å²) in [4.78, 5) is 24.8. The van der Waals surface area contributed by atoms with E-state index in [4.69, 9.17) is 0 Å². The first kappa shape index (κ1) is 28.2. The van der Waals surface area contributed by atoms with E-state index in [2.05, 4.69) is 20.1 Å². The van der Waals surface area contributed by atoms with Gasteiger partial charge in [0.25, 0.3) is 11.8 Å². The first-order valence-corrected chi connectivity index (χ1v) is 10.4. The Morgan fingerprint density at radius 3 is 1.11 bits per heavy atom. The highest BCUT2D eigenvalue weighted by molar-refractivity contribution is 6.07. The fourth-order valence-corrected chi connectivity index (χ4v) is 2.80. The van der Waals surface area contributed by atoms with Crippen LogP contribution in [0.25, 0.3) is 0 Å². The monoisotopic (exact) mass is 548 g/mol. The molecule has 2 N–H and O–H groups in total. The van der Waals surface area contributed by atoms with Crippen LogP contribution in [0.1, 0.15) is 20.7 Å². The van der Waals surface area contributed by atoms with Crippen LogP contribution in [0, 0.1) is 0 Å². The molecule has 3 aromatic rings. The molecule has 2 amide bonds. The summed E-state index contributed by atoms with van der Waals surface area (Å²) in [5.41, 5.74) is 0.492. The van der Waals surface area contributed by atoms with Crippen molar-refractivity contribution >= 4 is 23.2 Å². The molecule has 0 saturated carbocycles. The molecular weight excluding hydrogens is 532 g/mol. The standard InChI is InChI=1S/C24H16F8N2O4/c25-21(26)23(29,30)37-17-9-5-15(6-10-17)33-19(35)13-1-2-14(4-3-13)20(36)34-16-7-11-18(12-8-16)38-24(31,32)22(27)28/h1-12,21-22H,(H,33,35)(H,34,36). The fourth-order valence-electron chi connectivity index (χ4n) is 2.80. The minimum Gasteiger partial charge on any atom is -0.428 e. The molecule has 0 spiro atoms. The summed E-state index contributed by atoms with van der Waals surface area (Å²) in [5.74, 6) is -2.37. The third-order valence-corrected chi connectivity index (χ3v) is 4.65. The number of rotatable bonds is 10. The molecule has 0 aliphatic rings. The Balaban J connectivity index is 1.56. The number of benzene rings is 3. The molecule has 0 bridgehead atoms. The highest BCUT2D eigenvalue weighted by Gasteiger charge is 2.44. The summed E-state index contributed by atoms with van der Waals surface area (Å²) < 4.78 is 108. The number of carbonyl (C=O) groups excluding carboxylic acids is 2. The first-order valence-electron chi connectivity index (χ1n) is 10.4. The lowest BCUT2D eigenvalue weighted by Gasteiger charge is -2.17. The minimum absolute atomic E-state index is 0.104. The summed E-state index contributed by atoms with van der Waals surface area (Å²) in [6.45, 7) is 0. The molecule has 0 fully saturated rings. The highest BCUT2D eigenvalue weighted by Crippen LogP contribution is 2.29. The number of hydrogen-bond acceptors (Lipinski definition) is 4.